The zero-order chi connectivity index (χ0) is 20.2. The quantitative estimate of drug-likeness (QED) is 0.556. The van der Waals surface area contributed by atoms with Crippen LogP contribution in [0.4, 0.5) is 0 Å². The summed E-state index contributed by atoms with van der Waals surface area (Å²) < 4.78 is 17.9. The van der Waals surface area contributed by atoms with E-state index in [0.29, 0.717) is 17.9 Å². The van der Waals surface area contributed by atoms with Crippen molar-refractivity contribution in [2.75, 3.05) is 21.0 Å². The number of fused-ring (bicyclic) bond motifs is 1. The van der Waals surface area contributed by atoms with Crippen LogP contribution in [-0.4, -0.2) is 30.8 Å². The fourth-order valence-corrected chi connectivity index (χ4v) is 3.79. The number of rotatable bonds is 7. The molecule has 0 atom stereocenters. The molecular weight excluding hydrogens is 366 g/mol. The molecule has 0 radical (unpaired) electrons. The third kappa shape index (κ3) is 3.69. The molecule has 0 bridgehead atoms. The monoisotopic (exact) mass is 389 g/mol. The van der Waals surface area contributed by atoms with Crippen LogP contribution in [0.1, 0.15) is 36.0 Å². The molecule has 0 unspecified atom stereocenters. The summed E-state index contributed by atoms with van der Waals surface area (Å²) in [7, 11) is 3.22. The van der Waals surface area contributed by atoms with Gasteiger partial charge in [0.1, 0.15) is 23.1 Å². The summed E-state index contributed by atoms with van der Waals surface area (Å²) in [5.41, 5.74) is 4.71. The highest BCUT2D eigenvalue weighted by Crippen LogP contribution is 2.38. The van der Waals surface area contributed by atoms with E-state index in [9.17, 15) is 5.26 Å². The van der Waals surface area contributed by atoms with Gasteiger partial charge in [-0.1, -0.05) is 18.2 Å². The molecule has 0 aliphatic heterocycles. The standard InChI is InChI=1S/C23H23N3O3/c1-27-15-29-22-11-19(17-5-3-4-6-17)21-13-25-26(23(21)20(22)12-24)14-16-7-9-18(28-2)10-8-16/h5,7-11,13H,3-4,6,14-15H2,1-2H3. The molecule has 0 fully saturated rings. The smallest absolute Gasteiger partial charge is 0.188 e. The second kappa shape index (κ2) is 8.38. The summed E-state index contributed by atoms with van der Waals surface area (Å²) in [5.74, 6) is 1.34. The van der Waals surface area contributed by atoms with Crippen molar-refractivity contribution in [2.45, 2.75) is 25.8 Å². The SMILES string of the molecule is COCOc1cc(C2=CCCC2)c2cnn(Cc3ccc(OC)cc3)c2c1C#N. The summed E-state index contributed by atoms with van der Waals surface area (Å²) in [6.07, 6.45) is 7.36. The number of hydrogen-bond donors (Lipinski definition) is 0. The molecule has 148 valence electrons. The first-order valence-corrected chi connectivity index (χ1v) is 9.62. The van der Waals surface area contributed by atoms with Crippen molar-refractivity contribution < 1.29 is 14.2 Å². The molecule has 0 amide bonds. The highest BCUT2D eigenvalue weighted by molar-refractivity contribution is 5.97. The lowest BCUT2D eigenvalue weighted by Gasteiger charge is -2.14. The fraction of sp³-hybridized carbons (Fsp3) is 0.304. The maximum atomic E-state index is 9.91. The summed E-state index contributed by atoms with van der Waals surface area (Å²) in [4.78, 5) is 0. The van der Waals surface area contributed by atoms with Crippen molar-refractivity contribution in [3.63, 3.8) is 0 Å². The largest absolute Gasteiger partial charge is 0.497 e. The number of nitriles is 1. The van der Waals surface area contributed by atoms with Crippen LogP contribution >= 0.6 is 0 Å². The van der Waals surface area contributed by atoms with E-state index >= 15 is 0 Å². The molecule has 2 aromatic carbocycles. The third-order valence-corrected chi connectivity index (χ3v) is 5.21. The Hall–Kier alpha value is -3.30. The number of hydrogen-bond acceptors (Lipinski definition) is 5. The van der Waals surface area contributed by atoms with E-state index < -0.39 is 0 Å². The van der Waals surface area contributed by atoms with Crippen molar-refractivity contribution in [2.24, 2.45) is 0 Å². The lowest BCUT2D eigenvalue weighted by Crippen LogP contribution is -2.06. The van der Waals surface area contributed by atoms with E-state index in [2.05, 4.69) is 17.2 Å². The lowest BCUT2D eigenvalue weighted by molar-refractivity contribution is 0.0510. The van der Waals surface area contributed by atoms with Gasteiger partial charge in [-0.05, 0) is 54.2 Å². The van der Waals surface area contributed by atoms with Gasteiger partial charge in [-0.25, -0.2) is 0 Å². The molecule has 1 aliphatic carbocycles. The Morgan fingerprint density at radius 2 is 2.03 bits per heavy atom. The first-order chi connectivity index (χ1) is 14.2. The van der Waals surface area contributed by atoms with Crippen LogP contribution in [0, 0.1) is 11.3 Å². The van der Waals surface area contributed by atoms with Crippen molar-refractivity contribution in [3.8, 4) is 17.6 Å². The van der Waals surface area contributed by atoms with Crippen LogP contribution in [0.5, 0.6) is 11.5 Å². The minimum Gasteiger partial charge on any atom is -0.497 e. The molecule has 4 rings (SSSR count). The average Bonchev–Trinajstić information content (AvgIpc) is 3.43. The molecule has 3 aromatic rings. The topological polar surface area (TPSA) is 69.3 Å². The van der Waals surface area contributed by atoms with Gasteiger partial charge in [0.2, 0.25) is 0 Å². The number of benzene rings is 2. The predicted molar refractivity (Wildman–Crippen MR) is 111 cm³/mol. The number of aromatic nitrogens is 2. The fourth-order valence-electron chi connectivity index (χ4n) is 3.79. The van der Waals surface area contributed by atoms with Gasteiger partial charge >= 0.3 is 0 Å². The van der Waals surface area contributed by atoms with E-state index in [-0.39, 0.29) is 6.79 Å². The summed E-state index contributed by atoms with van der Waals surface area (Å²) in [5, 5.41) is 15.5. The van der Waals surface area contributed by atoms with Crippen LogP contribution in [0.2, 0.25) is 0 Å². The van der Waals surface area contributed by atoms with Crippen molar-refractivity contribution in [1.82, 2.24) is 9.78 Å². The molecule has 1 aliphatic rings. The maximum Gasteiger partial charge on any atom is 0.188 e. The third-order valence-electron chi connectivity index (χ3n) is 5.21. The molecular formula is C23H23N3O3. The van der Waals surface area contributed by atoms with Gasteiger partial charge < -0.3 is 14.2 Å². The van der Waals surface area contributed by atoms with Gasteiger partial charge in [-0.2, -0.15) is 10.4 Å². The van der Waals surface area contributed by atoms with Crippen LogP contribution < -0.4 is 9.47 Å². The molecule has 0 N–H and O–H groups in total. The number of nitrogens with zero attached hydrogens (tertiary/aromatic N) is 3. The van der Waals surface area contributed by atoms with Crippen LogP contribution in [0.15, 0.2) is 42.6 Å². The van der Waals surface area contributed by atoms with Gasteiger partial charge in [-0.3, -0.25) is 4.68 Å². The molecule has 0 spiro atoms. The molecule has 0 saturated heterocycles. The van der Waals surface area contributed by atoms with Gasteiger partial charge in [0.25, 0.3) is 0 Å². The Labute approximate surface area is 169 Å². The first-order valence-electron chi connectivity index (χ1n) is 9.62. The Balaban J connectivity index is 1.84. The van der Waals surface area contributed by atoms with Gasteiger partial charge in [-0.15, -0.1) is 0 Å². The van der Waals surface area contributed by atoms with Gasteiger partial charge in [0.15, 0.2) is 6.79 Å². The zero-order valence-electron chi connectivity index (χ0n) is 16.6. The second-order valence-corrected chi connectivity index (χ2v) is 6.99. The second-order valence-electron chi connectivity index (χ2n) is 6.99. The number of allylic oxidation sites excluding steroid dienone is 2. The van der Waals surface area contributed by atoms with Gasteiger partial charge in [0, 0.05) is 12.5 Å². The molecule has 1 aromatic heterocycles. The van der Waals surface area contributed by atoms with E-state index in [1.165, 1.54) is 5.57 Å². The van der Waals surface area contributed by atoms with Crippen LogP contribution in [0.3, 0.4) is 0 Å². The molecule has 1 heterocycles. The normalized spacial score (nSPS) is 13.3. The maximum absolute atomic E-state index is 9.91. The summed E-state index contributed by atoms with van der Waals surface area (Å²) in [6, 6.07) is 12.1. The van der Waals surface area contributed by atoms with Crippen LogP contribution in [0.25, 0.3) is 16.5 Å². The zero-order valence-corrected chi connectivity index (χ0v) is 16.6. The van der Waals surface area contributed by atoms with Crippen molar-refractivity contribution in [3.05, 3.63) is 59.3 Å². The van der Waals surface area contributed by atoms with E-state index in [0.717, 1.165) is 47.0 Å². The lowest BCUT2D eigenvalue weighted by atomic mass is 9.98. The predicted octanol–water partition coefficient (Wildman–Crippen LogP) is 4.51. The average molecular weight is 389 g/mol. The van der Waals surface area contributed by atoms with Gasteiger partial charge in [0.05, 0.1) is 25.4 Å². The van der Waals surface area contributed by atoms with Crippen LogP contribution in [-0.2, 0) is 11.3 Å². The van der Waals surface area contributed by atoms with E-state index in [1.807, 2.05) is 41.2 Å². The highest BCUT2D eigenvalue weighted by Gasteiger charge is 2.21. The number of methoxy groups -OCH3 is 2. The Kier molecular flexibility index (Phi) is 5.50. The molecule has 6 nitrogen and oxygen atoms in total. The summed E-state index contributed by atoms with van der Waals surface area (Å²) in [6.45, 7) is 0.639. The first kappa shape index (κ1) is 19.0. The van der Waals surface area contributed by atoms with Crippen molar-refractivity contribution >= 4 is 16.5 Å². The number of ether oxygens (including phenoxy) is 3. The van der Waals surface area contributed by atoms with E-state index in [4.69, 9.17) is 14.2 Å². The molecule has 29 heavy (non-hydrogen) atoms. The molecule has 0 saturated carbocycles. The Bertz CT molecular complexity index is 1090. The Morgan fingerprint density at radius 3 is 2.69 bits per heavy atom. The minimum absolute atomic E-state index is 0.0886. The Morgan fingerprint density at radius 1 is 1.21 bits per heavy atom. The highest BCUT2D eigenvalue weighted by atomic mass is 16.7. The minimum atomic E-state index is 0.0886. The van der Waals surface area contributed by atoms with Crippen molar-refractivity contribution in [1.29, 1.82) is 5.26 Å². The van der Waals surface area contributed by atoms with E-state index in [1.54, 1.807) is 14.2 Å². The summed E-state index contributed by atoms with van der Waals surface area (Å²) >= 11 is 0. The molecule has 6 heteroatoms.